The standard InChI is InChI=1S/C24H28FN3O2S2/c1-18-6-8-19(9-7-18)31-17-10-22(29)28(12-3-11-27-13-15-30-16-14-27)24-26-23-20(25)4-2-5-21(23)32-24/h2,4-9H,3,10-17H2,1H3. The average molecular weight is 474 g/mol. The van der Waals surface area contributed by atoms with E-state index >= 15 is 0 Å². The predicted octanol–water partition coefficient (Wildman–Crippen LogP) is 4.98. The molecule has 5 nitrogen and oxygen atoms in total. The van der Waals surface area contributed by atoms with Gasteiger partial charge in [-0.15, -0.1) is 11.8 Å². The van der Waals surface area contributed by atoms with Crippen LogP contribution in [-0.2, 0) is 9.53 Å². The first-order valence-electron chi connectivity index (χ1n) is 10.9. The fourth-order valence-electron chi connectivity index (χ4n) is 3.65. The van der Waals surface area contributed by atoms with E-state index in [9.17, 15) is 9.18 Å². The molecular weight excluding hydrogens is 445 g/mol. The molecule has 1 fully saturated rings. The smallest absolute Gasteiger partial charge is 0.229 e. The lowest BCUT2D eigenvalue weighted by atomic mass is 10.2. The number of morpholine rings is 1. The lowest BCUT2D eigenvalue weighted by Crippen LogP contribution is -2.39. The highest BCUT2D eigenvalue weighted by molar-refractivity contribution is 7.99. The number of halogens is 1. The molecule has 1 amide bonds. The number of aryl methyl sites for hydroxylation is 1. The van der Waals surface area contributed by atoms with E-state index < -0.39 is 0 Å². The molecule has 0 bridgehead atoms. The van der Waals surface area contributed by atoms with Gasteiger partial charge in [0.05, 0.1) is 17.9 Å². The molecule has 0 spiro atoms. The number of carbonyl (C=O) groups is 1. The normalized spacial score (nSPS) is 14.7. The number of ether oxygens (including phenoxy) is 1. The minimum Gasteiger partial charge on any atom is -0.379 e. The molecule has 4 rings (SSSR count). The van der Waals surface area contributed by atoms with Crippen molar-refractivity contribution in [1.82, 2.24) is 9.88 Å². The molecule has 0 aliphatic carbocycles. The Morgan fingerprint density at radius 3 is 2.75 bits per heavy atom. The van der Waals surface area contributed by atoms with Crippen LogP contribution in [0.1, 0.15) is 18.4 Å². The summed E-state index contributed by atoms with van der Waals surface area (Å²) in [7, 11) is 0. The monoisotopic (exact) mass is 473 g/mol. The number of para-hydroxylation sites is 1. The maximum Gasteiger partial charge on any atom is 0.229 e. The van der Waals surface area contributed by atoms with Gasteiger partial charge in [-0.2, -0.15) is 0 Å². The first-order valence-corrected chi connectivity index (χ1v) is 12.8. The molecule has 1 aromatic heterocycles. The van der Waals surface area contributed by atoms with Crippen LogP contribution in [0.2, 0.25) is 0 Å². The molecule has 0 saturated carbocycles. The SMILES string of the molecule is Cc1ccc(SCCC(=O)N(CCCN2CCOCC2)c2nc3c(F)cccc3s2)cc1. The average Bonchev–Trinajstić information content (AvgIpc) is 3.24. The highest BCUT2D eigenvalue weighted by atomic mass is 32.2. The molecule has 0 N–H and O–H groups in total. The lowest BCUT2D eigenvalue weighted by molar-refractivity contribution is -0.118. The van der Waals surface area contributed by atoms with Crippen molar-refractivity contribution in [1.29, 1.82) is 0 Å². The Balaban J connectivity index is 1.42. The zero-order valence-electron chi connectivity index (χ0n) is 18.3. The Labute approximate surface area is 196 Å². The summed E-state index contributed by atoms with van der Waals surface area (Å²) in [5, 5.41) is 0.581. The summed E-state index contributed by atoms with van der Waals surface area (Å²) < 4.78 is 20.4. The number of hydrogen-bond acceptors (Lipinski definition) is 6. The summed E-state index contributed by atoms with van der Waals surface area (Å²) in [6, 6.07) is 13.3. The maximum absolute atomic E-state index is 14.2. The van der Waals surface area contributed by atoms with Gasteiger partial charge in [0.1, 0.15) is 11.3 Å². The van der Waals surface area contributed by atoms with Crippen molar-refractivity contribution in [2.75, 3.05) is 50.0 Å². The molecular formula is C24H28FN3O2S2. The predicted molar refractivity (Wildman–Crippen MR) is 130 cm³/mol. The van der Waals surface area contributed by atoms with Crippen LogP contribution in [0.3, 0.4) is 0 Å². The third kappa shape index (κ3) is 6.07. The summed E-state index contributed by atoms with van der Waals surface area (Å²) in [6.45, 7) is 6.91. The molecule has 0 unspecified atom stereocenters. The molecule has 3 aromatic rings. The van der Waals surface area contributed by atoms with Crippen LogP contribution in [0.15, 0.2) is 47.4 Å². The Hall–Kier alpha value is -2.00. The van der Waals surface area contributed by atoms with Crippen molar-refractivity contribution in [3.05, 3.63) is 53.8 Å². The van der Waals surface area contributed by atoms with Gasteiger partial charge in [0.25, 0.3) is 0 Å². The van der Waals surface area contributed by atoms with Crippen LogP contribution in [0, 0.1) is 12.7 Å². The molecule has 1 saturated heterocycles. The number of carbonyl (C=O) groups excluding carboxylic acids is 1. The van der Waals surface area contributed by atoms with E-state index in [0.717, 1.165) is 48.9 Å². The number of rotatable bonds is 9. The summed E-state index contributed by atoms with van der Waals surface area (Å²) >= 11 is 3.06. The topological polar surface area (TPSA) is 45.7 Å². The Bertz CT molecular complexity index is 1040. The third-order valence-electron chi connectivity index (χ3n) is 5.46. The molecule has 32 heavy (non-hydrogen) atoms. The fourth-order valence-corrected chi connectivity index (χ4v) is 5.51. The first-order chi connectivity index (χ1) is 15.6. The molecule has 170 valence electrons. The number of nitrogens with zero attached hydrogens (tertiary/aromatic N) is 3. The van der Waals surface area contributed by atoms with Gasteiger partial charge in [0.2, 0.25) is 5.91 Å². The van der Waals surface area contributed by atoms with Gasteiger partial charge in [0, 0.05) is 43.2 Å². The second-order valence-electron chi connectivity index (χ2n) is 7.85. The van der Waals surface area contributed by atoms with E-state index in [-0.39, 0.29) is 11.7 Å². The highest BCUT2D eigenvalue weighted by Gasteiger charge is 2.21. The van der Waals surface area contributed by atoms with E-state index in [0.29, 0.717) is 29.4 Å². The molecule has 2 aromatic carbocycles. The van der Waals surface area contributed by atoms with Gasteiger partial charge in [-0.3, -0.25) is 14.6 Å². The molecule has 2 heterocycles. The Morgan fingerprint density at radius 1 is 1.22 bits per heavy atom. The van der Waals surface area contributed by atoms with Crippen molar-refractivity contribution < 1.29 is 13.9 Å². The van der Waals surface area contributed by atoms with E-state index in [1.807, 2.05) is 6.07 Å². The van der Waals surface area contributed by atoms with Crippen molar-refractivity contribution in [2.24, 2.45) is 0 Å². The van der Waals surface area contributed by atoms with Gasteiger partial charge in [-0.1, -0.05) is 35.1 Å². The zero-order valence-corrected chi connectivity index (χ0v) is 19.9. The highest BCUT2D eigenvalue weighted by Crippen LogP contribution is 2.31. The number of benzene rings is 2. The van der Waals surface area contributed by atoms with Crippen LogP contribution >= 0.6 is 23.1 Å². The second-order valence-corrected chi connectivity index (χ2v) is 10.0. The molecule has 0 atom stereocenters. The van der Waals surface area contributed by atoms with Crippen LogP contribution in [0.5, 0.6) is 0 Å². The third-order valence-corrected chi connectivity index (χ3v) is 7.51. The van der Waals surface area contributed by atoms with Crippen LogP contribution < -0.4 is 4.90 Å². The van der Waals surface area contributed by atoms with E-state index in [1.54, 1.807) is 22.7 Å². The maximum atomic E-state index is 14.2. The largest absolute Gasteiger partial charge is 0.379 e. The lowest BCUT2D eigenvalue weighted by Gasteiger charge is -2.27. The van der Waals surface area contributed by atoms with Crippen molar-refractivity contribution in [3.63, 3.8) is 0 Å². The van der Waals surface area contributed by atoms with E-state index in [2.05, 4.69) is 41.1 Å². The van der Waals surface area contributed by atoms with Crippen molar-refractivity contribution in [3.8, 4) is 0 Å². The number of fused-ring (bicyclic) bond motifs is 1. The number of thioether (sulfide) groups is 1. The van der Waals surface area contributed by atoms with Gasteiger partial charge in [-0.25, -0.2) is 9.37 Å². The quantitative estimate of drug-likeness (QED) is 0.410. The minimum absolute atomic E-state index is 0.0334. The minimum atomic E-state index is -0.347. The summed E-state index contributed by atoms with van der Waals surface area (Å²) in [6.07, 6.45) is 1.25. The number of hydrogen-bond donors (Lipinski definition) is 0. The van der Waals surface area contributed by atoms with Crippen LogP contribution in [-0.4, -0.2) is 60.9 Å². The Morgan fingerprint density at radius 2 is 2.00 bits per heavy atom. The van der Waals surface area contributed by atoms with Gasteiger partial charge >= 0.3 is 0 Å². The van der Waals surface area contributed by atoms with E-state index in [4.69, 9.17) is 4.74 Å². The molecule has 1 aliphatic heterocycles. The zero-order chi connectivity index (χ0) is 22.3. The number of anilines is 1. The van der Waals surface area contributed by atoms with Crippen molar-refractivity contribution >= 4 is 44.4 Å². The van der Waals surface area contributed by atoms with Gasteiger partial charge in [-0.05, 0) is 37.6 Å². The fraction of sp³-hybridized carbons (Fsp3) is 0.417. The summed E-state index contributed by atoms with van der Waals surface area (Å²) in [5.74, 6) is 0.382. The van der Waals surface area contributed by atoms with Crippen LogP contribution in [0.4, 0.5) is 9.52 Å². The second kappa shape index (κ2) is 11.2. The van der Waals surface area contributed by atoms with Gasteiger partial charge < -0.3 is 4.74 Å². The summed E-state index contributed by atoms with van der Waals surface area (Å²) in [5.41, 5.74) is 1.56. The molecule has 8 heteroatoms. The van der Waals surface area contributed by atoms with Crippen molar-refractivity contribution in [2.45, 2.75) is 24.7 Å². The first kappa shape index (κ1) is 23.2. The Kier molecular flexibility index (Phi) is 8.13. The number of aromatic nitrogens is 1. The van der Waals surface area contributed by atoms with Crippen LogP contribution in [0.25, 0.3) is 10.2 Å². The van der Waals surface area contributed by atoms with Gasteiger partial charge in [0.15, 0.2) is 5.13 Å². The summed E-state index contributed by atoms with van der Waals surface area (Å²) in [4.78, 5) is 22.9. The number of amides is 1. The van der Waals surface area contributed by atoms with E-state index in [1.165, 1.54) is 23.0 Å². The molecule has 1 aliphatic rings. The molecule has 0 radical (unpaired) electrons. The number of thiazole rings is 1.